The first-order valence-corrected chi connectivity index (χ1v) is 6.71. The molecule has 0 spiro atoms. The van der Waals surface area contributed by atoms with Crippen LogP contribution in [0.15, 0.2) is 47.6 Å². The summed E-state index contributed by atoms with van der Waals surface area (Å²) in [5, 5.41) is 13.2. The predicted octanol–water partition coefficient (Wildman–Crippen LogP) is 2.90. The van der Waals surface area contributed by atoms with Crippen LogP contribution in [-0.2, 0) is 0 Å². The Kier molecular flexibility index (Phi) is 4.67. The van der Waals surface area contributed by atoms with Gasteiger partial charge in [0.15, 0.2) is 0 Å². The maximum Gasteiger partial charge on any atom is 0.271 e. The van der Waals surface area contributed by atoms with Crippen LogP contribution in [-0.4, -0.2) is 17.2 Å². The molecule has 102 valence electrons. The molecule has 0 heterocycles. The van der Waals surface area contributed by atoms with E-state index in [1.54, 1.807) is 18.2 Å². The number of hydrogen-bond donors (Lipinski definition) is 2. The van der Waals surface area contributed by atoms with Gasteiger partial charge in [-0.2, -0.15) is 5.10 Å². The number of hydrogen-bond acceptors (Lipinski definition) is 3. The van der Waals surface area contributed by atoms with Gasteiger partial charge in [0.1, 0.15) is 11.6 Å². The second-order valence-electron chi connectivity index (χ2n) is 3.92. The molecule has 2 aromatic carbocycles. The van der Waals surface area contributed by atoms with Crippen molar-refractivity contribution >= 4 is 34.7 Å². The van der Waals surface area contributed by atoms with E-state index in [0.717, 1.165) is 5.56 Å². The van der Waals surface area contributed by atoms with Crippen LogP contribution in [0, 0.1) is 9.39 Å². The number of hydrazone groups is 1. The third-order valence-electron chi connectivity index (χ3n) is 2.46. The summed E-state index contributed by atoms with van der Waals surface area (Å²) in [5.74, 6) is -0.628. The van der Waals surface area contributed by atoms with E-state index in [-0.39, 0.29) is 5.75 Å². The summed E-state index contributed by atoms with van der Waals surface area (Å²) >= 11 is 1.99. The van der Waals surface area contributed by atoms with E-state index < -0.39 is 11.7 Å². The molecule has 0 atom stereocenters. The number of amides is 1. The highest BCUT2D eigenvalue weighted by Gasteiger charge is 2.03. The zero-order valence-corrected chi connectivity index (χ0v) is 12.3. The average Bonchev–Trinajstić information content (AvgIpc) is 2.43. The highest BCUT2D eigenvalue weighted by molar-refractivity contribution is 14.1. The number of carbonyl (C=O) groups is 1. The van der Waals surface area contributed by atoms with Gasteiger partial charge in [0.05, 0.1) is 9.78 Å². The predicted molar refractivity (Wildman–Crippen MR) is 82.3 cm³/mol. The molecule has 2 N–H and O–H groups in total. The molecule has 4 nitrogen and oxygen atoms in total. The molecular formula is C14H10FIN2O2. The van der Waals surface area contributed by atoms with E-state index in [2.05, 4.69) is 10.5 Å². The van der Waals surface area contributed by atoms with E-state index in [9.17, 15) is 14.3 Å². The van der Waals surface area contributed by atoms with E-state index in [1.807, 2.05) is 22.6 Å². The van der Waals surface area contributed by atoms with Gasteiger partial charge < -0.3 is 5.11 Å². The standard InChI is InChI=1S/C14H10FIN2O2/c15-11-4-2-10(3-5-11)14(20)18-17-8-9-1-6-13(19)12(16)7-9/h1-8,19H,(H,18,20)/b17-8+. The Hall–Kier alpha value is -1.96. The van der Waals surface area contributed by atoms with Crippen molar-refractivity contribution in [3.63, 3.8) is 0 Å². The molecule has 0 fully saturated rings. The topological polar surface area (TPSA) is 61.7 Å². The number of rotatable bonds is 3. The van der Waals surface area contributed by atoms with Gasteiger partial charge in [-0.1, -0.05) is 0 Å². The first kappa shape index (κ1) is 14.4. The Labute approximate surface area is 128 Å². The smallest absolute Gasteiger partial charge is 0.271 e. The Morgan fingerprint density at radius 2 is 1.95 bits per heavy atom. The quantitative estimate of drug-likeness (QED) is 0.486. The van der Waals surface area contributed by atoms with Crippen molar-refractivity contribution in [2.75, 3.05) is 0 Å². The summed E-state index contributed by atoms with van der Waals surface area (Å²) in [4.78, 5) is 11.7. The molecule has 0 unspecified atom stereocenters. The molecule has 0 aliphatic rings. The lowest BCUT2D eigenvalue weighted by Crippen LogP contribution is -2.17. The Morgan fingerprint density at radius 1 is 1.25 bits per heavy atom. The van der Waals surface area contributed by atoms with E-state index >= 15 is 0 Å². The number of aromatic hydroxyl groups is 1. The first-order chi connectivity index (χ1) is 9.56. The van der Waals surface area contributed by atoms with Crippen molar-refractivity contribution in [1.29, 1.82) is 0 Å². The van der Waals surface area contributed by atoms with Crippen molar-refractivity contribution in [3.05, 3.63) is 63.0 Å². The molecule has 0 saturated carbocycles. The second-order valence-corrected chi connectivity index (χ2v) is 5.08. The maximum atomic E-state index is 12.7. The Balaban J connectivity index is 2.00. The Bertz CT molecular complexity index is 657. The van der Waals surface area contributed by atoms with Gasteiger partial charge in [-0.3, -0.25) is 4.79 Å². The van der Waals surface area contributed by atoms with Crippen LogP contribution in [0.4, 0.5) is 4.39 Å². The summed E-state index contributed by atoms with van der Waals surface area (Å²) in [6.45, 7) is 0. The monoisotopic (exact) mass is 384 g/mol. The molecule has 0 aromatic heterocycles. The van der Waals surface area contributed by atoms with Gasteiger partial charge in [-0.05, 0) is 70.6 Å². The zero-order chi connectivity index (χ0) is 14.5. The maximum absolute atomic E-state index is 12.7. The average molecular weight is 384 g/mol. The molecule has 0 aliphatic heterocycles. The SMILES string of the molecule is O=C(N/N=C/c1ccc(O)c(I)c1)c1ccc(F)cc1. The summed E-state index contributed by atoms with van der Waals surface area (Å²) in [7, 11) is 0. The van der Waals surface area contributed by atoms with Crippen LogP contribution >= 0.6 is 22.6 Å². The summed E-state index contributed by atoms with van der Waals surface area (Å²) < 4.78 is 13.4. The molecule has 1 amide bonds. The number of benzene rings is 2. The van der Waals surface area contributed by atoms with Gasteiger partial charge in [0.2, 0.25) is 0 Å². The normalized spacial score (nSPS) is 10.7. The van der Waals surface area contributed by atoms with Gasteiger partial charge >= 0.3 is 0 Å². The Morgan fingerprint density at radius 3 is 2.60 bits per heavy atom. The van der Waals surface area contributed by atoms with Gasteiger partial charge in [0.25, 0.3) is 5.91 Å². The minimum Gasteiger partial charge on any atom is -0.507 e. The van der Waals surface area contributed by atoms with Crippen molar-refractivity contribution in [3.8, 4) is 5.75 Å². The molecule has 0 saturated heterocycles. The minimum absolute atomic E-state index is 0.193. The fourth-order valence-corrected chi connectivity index (χ4v) is 1.97. The van der Waals surface area contributed by atoms with Crippen LogP contribution in [0.3, 0.4) is 0 Å². The molecule has 2 rings (SSSR count). The second kappa shape index (κ2) is 6.47. The van der Waals surface area contributed by atoms with Gasteiger partial charge in [0, 0.05) is 5.56 Å². The van der Waals surface area contributed by atoms with Crippen LogP contribution in [0.1, 0.15) is 15.9 Å². The van der Waals surface area contributed by atoms with Crippen LogP contribution in [0.25, 0.3) is 0 Å². The number of nitrogens with zero attached hydrogens (tertiary/aromatic N) is 1. The highest BCUT2D eigenvalue weighted by atomic mass is 127. The van der Waals surface area contributed by atoms with Crippen molar-refractivity contribution in [2.45, 2.75) is 0 Å². The van der Waals surface area contributed by atoms with Crippen molar-refractivity contribution in [1.82, 2.24) is 5.43 Å². The number of nitrogens with one attached hydrogen (secondary N) is 1. The molecule has 6 heteroatoms. The highest BCUT2D eigenvalue weighted by Crippen LogP contribution is 2.19. The summed E-state index contributed by atoms with van der Waals surface area (Å²) in [5.41, 5.74) is 3.41. The summed E-state index contributed by atoms with van der Waals surface area (Å²) in [6, 6.07) is 10.1. The van der Waals surface area contributed by atoms with E-state index in [1.165, 1.54) is 30.5 Å². The van der Waals surface area contributed by atoms with Gasteiger partial charge in [-0.25, -0.2) is 9.82 Å². The van der Waals surface area contributed by atoms with Crippen LogP contribution < -0.4 is 5.43 Å². The summed E-state index contributed by atoms with van der Waals surface area (Å²) in [6.07, 6.45) is 1.46. The van der Waals surface area contributed by atoms with Crippen LogP contribution in [0.2, 0.25) is 0 Å². The number of halogens is 2. The number of phenolic OH excluding ortho intramolecular Hbond substituents is 1. The lowest BCUT2D eigenvalue weighted by atomic mass is 10.2. The first-order valence-electron chi connectivity index (χ1n) is 5.64. The number of phenols is 1. The largest absolute Gasteiger partial charge is 0.507 e. The van der Waals surface area contributed by atoms with Crippen molar-refractivity contribution < 1.29 is 14.3 Å². The van der Waals surface area contributed by atoms with Gasteiger partial charge in [-0.15, -0.1) is 0 Å². The minimum atomic E-state index is -0.422. The molecule has 2 aromatic rings. The molecule has 0 aliphatic carbocycles. The molecular weight excluding hydrogens is 374 g/mol. The molecule has 20 heavy (non-hydrogen) atoms. The van der Waals surface area contributed by atoms with E-state index in [4.69, 9.17) is 0 Å². The lowest BCUT2D eigenvalue weighted by molar-refractivity contribution is 0.0955. The lowest BCUT2D eigenvalue weighted by Gasteiger charge is -2.00. The third-order valence-corrected chi connectivity index (χ3v) is 3.32. The fraction of sp³-hybridized carbons (Fsp3) is 0. The van der Waals surface area contributed by atoms with Crippen LogP contribution in [0.5, 0.6) is 5.75 Å². The zero-order valence-electron chi connectivity index (χ0n) is 10.2. The molecule has 0 bridgehead atoms. The molecule has 0 radical (unpaired) electrons. The fourth-order valence-electron chi connectivity index (χ4n) is 1.43. The van der Waals surface area contributed by atoms with E-state index in [0.29, 0.717) is 9.13 Å². The van der Waals surface area contributed by atoms with Crippen molar-refractivity contribution in [2.24, 2.45) is 5.10 Å². The number of carbonyl (C=O) groups excluding carboxylic acids is 1. The third kappa shape index (κ3) is 3.77.